The fraction of sp³-hybridized carbons (Fsp3) is 0.136. The number of hydrogen-bond acceptors (Lipinski definition) is 5. The minimum absolute atomic E-state index is 0.164. The van der Waals surface area contributed by atoms with E-state index in [0.29, 0.717) is 11.3 Å². The van der Waals surface area contributed by atoms with Crippen LogP contribution in [0.3, 0.4) is 0 Å². The topological polar surface area (TPSA) is 81.4 Å². The lowest BCUT2D eigenvalue weighted by atomic mass is 10.2. The second-order valence-electron chi connectivity index (χ2n) is 6.44. The third-order valence-corrected chi connectivity index (χ3v) is 4.39. The summed E-state index contributed by atoms with van der Waals surface area (Å²) in [6.07, 6.45) is 0. The molecule has 2 heterocycles. The Hall–Kier alpha value is -3.67. The number of nitrogens with zero attached hydrogens (tertiary/aromatic N) is 1. The number of benzene rings is 2. The molecule has 0 fully saturated rings. The van der Waals surface area contributed by atoms with E-state index < -0.39 is 18.5 Å². The van der Waals surface area contributed by atoms with Crippen molar-refractivity contribution in [1.29, 1.82) is 0 Å². The fourth-order valence-electron chi connectivity index (χ4n) is 2.95. The van der Waals surface area contributed by atoms with Crippen molar-refractivity contribution in [2.45, 2.75) is 13.0 Å². The van der Waals surface area contributed by atoms with E-state index in [4.69, 9.17) is 9.15 Å². The molecule has 0 aliphatic heterocycles. The zero-order chi connectivity index (χ0) is 19.5. The van der Waals surface area contributed by atoms with Gasteiger partial charge in [-0.1, -0.05) is 42.5 Å². The molecule has 1 atom stereocenters. The van der Waals surface area contributed by atoms with E-state index in [1.807, 2.05) is 61.5 Å². The van der Waals surface area contributed by atoms with Crippen molar-refractivity contribution >= 4 is 33.7 Å². The van der Waals surface area contributed by atoms with Crippen LogP contribution in [0.1, 0.15) is 29.2 Å². The number of ether oxygens (including phenoxy) is 1. The maximum atomic E-state index is 12.2. The Morgan fingerprint density at radius 3 is 2.61 bits per heavy atom. The van der Waals surface area contributed by atoms with Crippen molar-refractivity contribution in [3.05, 3.63) is 78.2 Å². The normalized spacial score (nSPS) is 12.0. The molecule has 6 heteroatoms. The third kappa shape index (κ3) is 3.71. The van der Waals surface area contributed by atoms with Gasteiger partial charge in [-0.15, -0.1) is 0 Å². The molecular weight excluding hydrogens is 356 g/mol. The molecule has 1 amide bonds. The SMILES string of the molecule is C[C@H](NC(=O)COC(=O)c1ccc2ccccc2n1)c1cc2ccccc2o1. The summed E-state index contributed by atoms with van der Waals surface area (Å²) in [6, 6.07) is 20.0. The summed E-state index contributed by atoms with van der Waals surface area (Å²) in [5.74, 6) is -0.420. The number of hydrogen-bond donors (Lipinski definition) is 1. The van der Waals surface area contributed by atoms with Crippen LogP contribution in [0.25, 0.3) is 21.9 Å². The Labute approximate surface area is 161 Å². The summed E-state index contributed by atoms with van der Waals surface area (Å²) >= 11 is 0. The van der Waals surface area contributed by atoms with E-state index >= 15 is 0 Å². The fourth-order valence-corrected chi connectivity index (χ4v) is 2.95. The first-order chi connectivity index (χ1) is 13.6. The predicted octanol–water partition coefficient (Wildman–Crippen LogP) is 4.02. The molecule has 0 spiro atoms. The molecule has 0 unspecified atom stereocenters. The molecule has 4 aromatic rings. The highest BCUT2D eigenvalue weighted by Crippen LogP contribution is 2.23. The van der Waals surface area contributed by atoms with Crippen LogP contribution in [0.2, 0.25) is 0 Å². The molecule has 2 aromatic heterocycles. The molecule has 2 aromatic carbocycles. The van der Waals surface area contributed by atoms with E-state index in [2.05, 4.69) is 10.3 Å². The second kappa shape index (κ2) is 7.52. The Bertz CT molecular complexity index is 1130. The summed E-state index contributed by atoms with van der Waals surface area (Å²) in [4.78, 5) is 28.6. The quantitative estimate of drug-likeness (QED) is 0.534. The van der Waals surface area contributed by atoms with Gasteiger partial charge in [0.25, 0.3) is 5.91 Å². The average Bonchev–Trinajstić information content (AvgIpc) is 3.16. The summed E-state index contributed by atoms with van der Waals surface area (Å²) in [7, 11) is 0. The van der Waals surface area contributed by atoms with Crippen LogP contribution in [-0.4, -0.2) is 23.5 Å². The molecule has 0 saturated carbocycles. The number of rotatable bonds is 5. The number of carbonyl (C=O) groups is 2. The van der Waals surface area contributed by atoms with Gasteiger partial charge in [0.15, 0.2) is 6.61 Å². The predicted molar refractivity (Wildman–Crippen MR) is 105 cm³/mol. The maximum Gasteiger partial charge on any atom is 0.357 e. The monoisotopic (exact) mass is 374 g/mol. The highest BCUT2D eigenvalue weighted by Gasteiger charge is 2.16. The van der Waals surface area contributed by atoms with E-state index in [9.17, 15) is 9.59 Å². The van der Waals surface area contributed by atoms with Crippen molar-refractivity contribution in [2.75, 3.05) is 6.61 Å². The Kier molecular flexibility index (Phi) is 4.76. The molecule has 0 bridgehead atoms. The molecule has 0 saturated heterocycles. The molecule has 6 nitrogen and oxygen atoms in total. The van der Waals surface area contributed by atoms with Crippen molar-refractivity contribution in [3.8, 4) is 0 Å². The van der Waals surface area contributed by atoms with Crippen LogP contribution in [0.4, 0.5) is 0 Å². The Morgan fingerprint density at radius 2 is 1.79 bits per heavy atom. The van der Waals surface area contributed by atoms with Crippen molar-refractivity contribution < 1.29 is 18.7 Å². The molecule has 28 heavy (non-hydrogen) atoms. The molecular formula is C22H18N2O4. The molecule has 1 N–H and O–H groups in total. The molecule has 0 radical (unpaired) electrons. The maximum absolute atomic E-state index is 12.2. The van der Waals surface area contributed by atoms with E-state index in [1.54, 1.807) is 12.1 Å². The first-order valence-corrected chi connectivity index (χ1v) is 8.91. The summed E-state index contributed by atoms with van der Waals surface area (Å²) < 4.78 is 10.8. The summed E-state index contributed by atoms with van der Waals surface area (Å²) in [5, 5.41) is 4.66. The Balaban J connectivity index is 1.35. The summed E-state index contributed by atoms with van der Waals surface area (Å²) in [6.45, 7) is 1.42. The number of nitrogens with one attached hydrogen (secondary N) is 1. The first-order valence-electron chi connectivity index (χ1n) is 8.91. The van der Waals surface area contributed by atoms with Crippen LogP contribution in [0.5, 0.6) is 0 Å². The van der Waals surface area contributed by atoms with E-state index in [0.717, 1.165) is 16.4 Å². The lowest BCUT2D eigenvalue weighted by Gasteiger charge is -2.11. The minimum Gasteiger partial charge on any atom is -0.459 e. The number of fused-ring (bicyclic) bond motifs is 2. The van der Waals surface area contributed by atoms with E-state index in [1.165, 1.54) is 0 Å². The largest absolute Gasteiger partial charge is 0.459 e. The number of esters is 1. The van der Waals surface area contributed by atoms with Gasteiger partial charge in [0.2, 0.25) is 0 Å². The average molecular weight is 374 g/mol. The molecule has 4 rings (SSSR count). The van der Waals surface area contributed by atoms with Crippen molar-refractivity contribution in [3.63, 3.8) is 0 Å². The smallest absolute Gasteiger partial charge is 0.357 e. The number of para-hydroxylation sites is 2. The van der Waals surface area contributed by atoms with Gasteiger partial charge in [0.1, 0.15) is 17.0 Å². The van der Waals surface area contributed by atoms with Crippen LogP contribution >= 0.6 is 0 Å². The third-order valence-electron chi connectivity index (χ3n) is 4.39. The van der Waals surface area contributed by atoms with Crippen LogP contribution in [0.15, 0.2) is 71.1 Å². The lowest BCUT2D eigenvalue weighted by molar-refractivity contribution is -0.125. The highest BCUT2D eigenvalue weighted by atomic mass is 16.5. The van der Waals surface area contributed by atoms with Gasteiger partial charge in [-0.25, -0.2) is 9.78 Å². The zero-order valence-corrected chi connectivity index (χ0v) is 15.2. The number of pyridine rings is 1. The zero-order valence-electron chi connectivity index (χ0n) is 15.2. The minimum atomic E-state index is -0.641. The van der Waals surface area contributed by atoms with Crippen LogP contribution < -0.4 is 5.32 Å². The van der Waals surface area contributed by atoms with Gasteiger partial charge < -0.3 is 14.5 Å². The number of furan rings is 1. The number of aromatic nitrogens is 1. The standard InChI is InChI=1S/C22H18N2O4/c1-14(20-12-16-7-3-5-9-19(16)28-20)23-21(25)13-27-22(26)18-11-10-15-6-2-4-8-17(15)24-18/h2-12,14H,13H2,1H3,(H,23,25)/t14-/m0/s1. The molecule has 140 valence electrons. The van der Waals surface area contributed by atoms with Gasteiger partial charge in [-0.05, 0) is 31.2 Å². The lowest BCUT2D eigenvalue weighted by Crippen LogP contribution is -2.31. The second-order valence-corrected chi connectivity index (χ2v) is 6.44. The number of carbonyl (C=O) groups excluding carboxylic acids is 2. The molecule has 0 aliphatic rings. The highest BCUT2D eigenvalue weighted by molar-refractivity contribution is 5.92. The van der Waals surface area contributed by atoms with Gasteiger partial charge in [-0.2, -0.15) is 0 Å². The van der Waals surface area contributed by atoms with Crippen molar-refractivity contribution in [1.82, 2.24) is 10.3 Å². The van der Waals surface area contributed by atoms with Crippen molar-refractivity contribution in [2.24, 2.45) is 0 Å². The van der Waals surface area contributed by atoms with E-state index in [-0.39, 0.29) is 11.7 Å². The van der Waals surface area contributed by atoms with Gasteiger partial charge in [0, 0.05) is 10.8 Å². The van der Waals surface area contributed by atoms with Gasteiger partial charge in [-0.3, -0.25) is 4.79 Å². The summed E-state index contributed by atoms with van der Waals surface area (Å²) in [5.41, 5.74) is 1.61. The first kappa shape index (κ1) is 17.7. The van der Waals surface area contributed by atoms with Crippen LogP contribution in [-0.2, 0) is 9.53 Å². The van der Waals surface area contributed by atoms with Gasteiger partial charge >= 0.3 is 5.97 Å². The van der Waals surface area contributed by atoms with Crippen LogP contribution in [0, 0.1) is 0 Å². The number of amides is 1. The van der Waals surface area contributed by atoms with Gasteiger partial charge in [0.05, 0.1) is 11.6 Å². The molecule has 0 aliphatic carbocycles. The Morgan fingerprint density at radius 1 is 1.04 bits per heavy atom.